The summed E-state index contributed by atoms with van der Waals surface area (Å²) in [5.41, 5.74) is 1.01. The van der Waals surface area contributed by atoms with Crippen LogP contribution in [0.5, 0.6) is 0 Å². The lowest BCUT2D eigenvalue weighted by Crippen LogP contribution is -2.46. The first-order valence-corrected chi connectivity index (χ1v) is 10.7. The SMILES string of the molecule is C=C1C(=O)O[C@@H]2[C@@H]1C[C@H](O)[C@@](C)(OC(C)=O)CC/C=C(\C)CC/C=C(\C)[C@@H]2OC(C)=O. The summed E-state index contributed by atoms with van der Waals surface area (Å²) in [6, 6.07) is 0. The third-order valence-corrected chi connectivity index (χ3v) is 6.09. The molecule has 31 heavy (non-hydrogen) atoms. The molecule has 1 aliphatic heterocycles. The second-order valence-corrected chi connectivity index (χ2v) is 8.77. The molecule has 0 unspecified atom stereocenters. The third-order valence-electron chi connectivity index (χ3n) is 6.09. The van der Waals surface area contributed by atoms with Gasteiger partial charge in [-0.25, -0.2) is 4.79 Å². The van der Waals surface area contributed by atoms with Gasteiger partial charge in [-0.3, -0.25) is 9.59 Å². The van der Waals surface area contributed by atoms with Crippen LogP contribution < -0.4 is 0 Å². The molecular formula is C24H34O7. The Morgan fingerprint density at radius 1 is 1.19 bits per heavy atom. The number of fused-ring (bicyclic) bond motifs is 1. The van der Waals surface area contributed by atoms with E-state index in [0.717, 1.165) is 18.4 Å². The van der Waals surface area contributed by atoms with Gasteiger partial charge in [0.1, 0.15) is 11.7 Å². The van der Waals surface area contributed by atoms with E-state index in [9.17, 15) is 19.5 Å². The fraction of sp³-hybridized carbons (Fsp3) is 0.625. The van der Waals surface area contributed by atoms with Crippen molar-refractivity contribution in [3.63, 3.8) is 0 Å². The number of aliphatic hydroxyl groups excluding tert-OH is 1. The van der Waals surface area contributed by atoms with Crippen LogP contribution >= 0.6 is 0 Å². The maximum Gasteiger partial charge on any atom is 0.334 e. The summed E-state index contributed by atoms with van der Waals surface area (Å²) in [4.78, 5) is 35.9. The fourth-order valence-electron chi connectivity index (χ4n) is 4.23. The standard InChI is InChI=1S/C24H34O7/c1-14-9-7-11-15(2)21(29-17(4)25)22-19(16(3)23(28)30-22)13-20(27)24(6,12-8-10-14)31-18(5)26/h10-11,19-22,27H,3,7-9,12-13H2,1-2,4-6H3/b14-10+,15-11+/t19-,20+,21+,22-,24+/m1/s1. The Kier molecular flexibility index (Phi) is 8.23. The van der Waals surface area contributed by atoms with Gasteiger partial charge in [-0.2, -0.15) is 0 Å². The number of hydrogen-bond acceptors (Lipinski definition) is 7. The molecule has 5 atom stereocenters. The van der Waals surface area contributed by atoms with Crippen LogP contribution in [0.4, 0.5) is 0 Å². The van der Waals surface area contributed by atoms with Crippen LogP contribution in [-0.4, -0.2) is 46.9 Å². The molecule has 0 aromatic carbocycles. The molecule has 1 N–H and O–H groups in total. The van der Waals surface area contributed by atoms with E-state index in [4.69, 9.17) is 14.2 Å². The lowest BCUT2D eigenvalue weighted by atomic mass is 9.80. The predicted octanol–water partition coefficient (Wildman–Crippen LogP) is 3.56. The Morgan fingerprint density at radius 3 is 2.48 bits per heavy atom. The maximum atomic E-state index is 12.4. The van der Waals surface area contributed by atoms with Gasteiger partial charge in [0, 0.05) is 25.3 Å². The smallest absolute Gasteiger partial charge is 0.334 e. The van der Waals surface area contributed by atoms with Gasteiger partial charge in [-0.05, 0) is 58.4 Å². The van der Waals surface area contributed by atoms with Crippen molar-refractivity contribution in [1.82, 2.24) is 0 Å². The van der Waals surface area contributed by atoms with Crippen molar-refractivity contribution in [3.8, 4) is 0 Å². The quantitative estimate of drug-likeness (QED) is 0.307. The van der Waals surface area contributed by atoms with Gasteiger partial charge >= 0.3 is 17.9 Å². The molecular weight excluding hydrogens is 400 g/mol. The monoisotopic (exact) mass is 434 g/mol. The van der Waals surface area contributed by atoms with E-state index in [-0.39, 0.29) is 12.0 Å². The van der Waals surface area contributed by atoms with E-state index < -0.39 is 47.7 Å². The number of ether oxygens (including phenoxy) is 3. The van der Waals surface area contributed by atoms with E-state index in [0.29, 0.717) is 12.8 Å². The van der Waals surface area contributed by atoms with Crippen LogP contribution in [0.1, 0.15) is 66.7 Å². The minimum Gasteiger partial charge on any atom is -0.457 e. The molecule has 1 heterocycles. The Morgan fingerprint density at radius 2 is 1.87 bits per heavy atom. The minimum absolute atomic E-state index is 0.0762. The number of allylic oxidation sites excluding steroid dienone is 3. The van der Waals surface area contributed by atoms with Gasteiger partial charge in [0.2, 0.25) is 0 Å². The Labute approximate surface area is 184 Å². The predicted molar refractivity (Wildman–Crippen MR) is 115 cm³/mol. The molecule has 7 nitrogen and oxygen atoms in total. The third kappa shape index (κ3) is 6.29. The van der Waals surface area contributed by atoms with E-state index in [1.807, 2.05) is 19.9 Å². The first kappa shape index (κ1) is 24.9. The Balaban J connectivity index is 2.49. The summed E-state index contributed by atoms with van der Waals surface area (Å²) < 4.78 is 16.6. The van der Waals surface area contributed by atoms with Crippen LogP contribution in [0.15, 0.2) is 35.5 Å². The van der Waals surface area contributed by atoms with Crippen LogP contribution in [0.25, 0.3) is 0 Å². The molecule has 1 fully saturated rings. The Hall–Kier alpha value is -2.41. The average molecular weight is 435 g/mol. The molecule has 0 aromatic rings. The highest BCUT2D eigenvalue weighted by molar-refractivity contribution is 5.91. The van der Waals surface area contributed by atoms with Crippen LogP contribution in [-0.2, 0) is 28.6 Å². The van der Waals surface area contributed by atoms with Crippen molar-refractivity contribution in [2.75, 3.05) is 0 Å². The lowest BCUT2D eigenvalue weighted by molar-refractivity contribution is -0.172. The summed E-state index contributed by atoms with van der Waals surface area (Å²) in [6.07, 6.45) is 4.07. The highest BCUT2D eigenvalue weighted by Gasteiger charge is 2.48. The second-order valence-electron chi connectivity index (χ2n) is 8.77. The topological polar surface area (TPSA) is 99.1 Å². The number of aliphatic hydroxyl groups is 1. The molecule has 7 heteroatoms. The molecule has 172 valence electrons. The van der Waals surface area contributed by atoms with E-state index >= 15 is 0 Å². The molecule has 0 saturated carbocycles. The summed E-state index contributed by atoms with van der Waals surface area (Å²) in [5, 5.41) is 11.1. The van der Waals surface area contributed by atoms with Gasteiger partial charge in [-0.15, -0.1) is 0 Å². The fourth-order valence-corrected chi connectivity index (χ4v) is 4.23. The molecule has 1 saturated heterocycles. The minimum atomic E-state index is -1.15. The molecule has 0 bridgehead atoms. The normalized spacial score (nSPS) is 36.1. The summed E-state index contributed by atoms with van der Waals surface area (Å²) in [6.45, 7) is 12.0. The largest absolute Gasteiger partial charge is 0.457 e. The second kappa shape index (κ2) is 10.3. The summed E-state index contributed by atoms with van der Waals surface area (Å²) in [5.74, 6) is -2.16. The molecule has 2 rings (SSSR count). The number of carbonyl (C=O) groups is 3. The average Bonchev–Trinajstić information content (AvgIpc) is 2.92. The molecule has 1 aliphatic carbocycles. The van der Waals surface area contributed by atoms with Gasteiger partial charge < -0.3 is 19.3 Å². The van der Waals surface area contributed by atoms with Crippen molar-refractivity contribution in [1.29, 1.82) is 0 Å². The highest BCUT2D eigenvalue weighted by Crippen LogP contribution is 2.39. The van der Waals surface area contributed by atoms with Gasteiger partial charge in [0.15, 0.2) is 6.10 Å². The number of carbonyl (C=O) groups excluding carboxylic acids is 3. The molecule has 0 spiro atoms. The summed E-state index contributed by atoms with van der Waals surface area (Å²) >= 11 is 0. The number of esters is 3. The van der Waals surface area contributed by atoms with E-state index in [1.165, 1.54) is 19.4 Å². The zero-order valence-corrected chi connectivity index (χ0v) is 19.1. The van der Waals surface area contributed by atoms with Crippen molar-refractivity contribution < 1.29 is 33.7 Å². The highest BCUT2D eigenvalue weighted by atomic mass is 16.6. The van der Waals surface area contributed by atoms with Crippen LogP contribution in [0.3, 0.4) is 0 Å². The van der Waals surface area contributed by atoms with E-state index in [2.05, 4.69) is 12.7 Å². The molecule has 0 aromatic heterocycles. The van der Waals surface area contributed by atoms with Gasteiger partial charge in [0.25, 0.3) is 0 Å². The van der Waals surface area contributed by atoms with Gasteiger partial charge in [0.05, 0.1) is 6.10 Å². The number of hydrogen-bond donors (Lipinski definition) is 1. The molecule has 0 radical (unpaired) electrons. The van der Waals surface area contributed by atoms with Crippen molar-refractivity contribution >= 4 is 17.9 Å². The maximum absolute atomic E-state index is 12.4. The van der Waals surface area contributed by atoms with E-state index in [1.54, 1.807) is 6.92 Å². The first-order chi connectivity index (χ1) is 14.4. The molecule has 0 amide bonds. The Bertz CT molecular complexity index is 794. The summed E-state index contributed by atoms with van der Waals surface area (Å²) in [7, 11) is 0. The lowest BCUT2D eigenvalue weighted by Gasteiger charge is -2.36. The van der Waals surface area contributed by atoms with Crippen molar-refractivity contribution in [2.24, 2.45) is 5.92 Å². The number of rotatable bonds is 2. The first-order valence-electron chi connectivity index (χ1n) is 10.7. The zero-order valence-electron chi connectivity index (χ0n) is 19.1. The zero-order chi connectivity index (χ0) is 23.3. The van der Waals surface area contributed by atoms with Crippen molar-refractivity contribution in [2.45, 2.75) is 90.6 Å². The van der Waals surface area contributed by atoms with Crippen LogP contribution in [0, 0.1) is 5.92 Å². The van der Waals surface area contributed by atoms with Crippen molar-refractivity contribution in [3.05, 3.63) is 35.5 Å². The van der Waals surface area contributed by atoms with Crippen LogP contribution in [0.2, 0.25) is 0 Å². The molecule has 2 aliphatic rings. The van der Waals surface area contributed by atoms with Gasteiger partial charge in [-0.1, -0.05) is 24.3 Å².